The molecule has 2 aromatic rings. The Morgan fingerprint density at radius 3 is 2.57 bits per heavy atom. The van der Waals surface area contributed by atoms with Crippen LogP contribution in [0.15, 0.2) is 42.5 Å². The van der Waals surface area contributed by atoms with Crippen LogP contribution in [0.2, 0.25) is 0 Å². The summed E-state index contributed by atoms with van der Waals surface area (Å²) in [5.41, 5.74) is 9.47. The Hall–Kier alpha value is -1.03. The Morgan fingerprint density at radius 2 is 1.64 bits per heavy atom. The second-order valence-electron chi connectivity index (χ2n) is 3.31. The first kappa shape index (κ1) is 8.29. The van der Waals surface area contributed by atoms with Crippen molar-refractivity contribution in [1.82, 2.24) is 0 Å². The summed E-state index contributed by atoms with van der Waals surface area (Å²) in [5.74, 6) is 0. The van der Waals surface area contributed by atoms with Gasteiger partial charge in [0.1, 0.15) is 0 Å². The van der Waals surface area contributed by atoms with Gasteiger partial charge in [-0.1, -0.05) is 0 Å². The van der Waals surface area contributed by atoms with Crippen LogP contribution in [0.5, 0.6) is 0 Å². The molecule has 0 radical (unpaired) electrons. The van der Waals surface area contributed by atoms with E-state index in [4.69, 9.17) is 5.73 Å². The Kier molecular flexibility index (Phi) is 1.77. The van der Waals surface area contributed by atoms with E-state index in [0.29, 0.717) is 0 Å². The van der Waals surface area contributed by atoms with Crippen LogP contribution in [-0.2, 0) is 0 Å². The third-order valence-electron chi connectivity index (χ3n) is 2.36. The average Bonchev–Trinajstić information content (AvgIpc) is 2.54. The standard InChI is InChI=1S/C12H9IN/c14-8-5-6-10-9-3-1-2-4-11(9)13-12(10)7-8/h1-7H,14H2/q-1. The summed E-state index contributed by atoms with van der Waals surface area (Å²) in [4.78, 5) is 0. The van der Waals surface area contributed by atoms with E-state index in [1.807, 2.05) is 6.07 Å². The maximum atomic E-state index is 5.78. The molecule has 2 heteroatoms. The molecule has 0 unspecified atom stereocenters. The van der Waals surface area contributed by atoms with Gasteiger partial charge < -0.3 is 0 Å². The van der Waals surface area contributed by atoms with E-state index in [2.05, 4.69) is 36.4 Å². The second-order valence-corrected chi connectivity index (χ2v) is 6.18. The van der Waals surface area contributed by atoms with E-state index in [9.17, 15) is 0 Å². The third kappa shape index (κ3) is 1.14. The number of benzene rings is 2. The van der Waals surface area contributed by atoms with Crippen LogP contribution in [0.25, 0.3) is 11.1 Å². The topological polar surface area (TPSA) is 26.0 Å². The summed E-state index contributed by atoms with van der Waals surface area (Å²) >= 11 is 0.00600. The van der Waals surface area contributed by atoms with Gasteiger partial charge in [0.25, 0.3) is 0 Å². The van der Waals surface area contributed by atoms with E-state index in [1.165, 1.54) is 18.3 Å². The number of hydrogen-bond donors (Lipinski definition) is 1. The van der Waals surface area contributed by atoms with Crippen LogP contribution >= 0.6 is 0 Å². The van der Waals surface area contributed by atoms with E-state index < -0.39 is 0 Å². The monoisotopic (exact) mass is 294 g/mol. The van der Waals surface area contributed by atoms with Crippen LogP contribution < -0.4 is 26.9 Å². The zero-order valence-corrected chi connectivity index (χ0v) is 9.65. The number of nitrogens with two attached hydrogens (primary N) is 1. The molecule has 1 heterocycles. The molecule has 0 saturated carbocycles. The van der Waals surface area contributed by atoms with Crippen molar-refractivity contribution in [2.45, 2.75) is 0 Å². The zero-order valence-electron chi connectivity index (χ0n) is 7.50. The van der Waals surface area contributed by atoms with Gasteiger partial charge in [-0.05, 0) is 0 Å². The Morgan fingerprint density at radius 1 is 0.857 bits per heavy atom. The average molecular weight is 294 g/mol. The molecule has 2 aromatic carbocycles. The Labute approximate surface area is 93.2 Å². The second kappa shape index (κ2) is 2.98. The molecule has 14 heavy (non-hydrogen) atoms. The molecule has 2 N–H and O–H groups in total. The Balaban J connectivity index is 2.27. The molecule has 0 fully saturated rings. The van der Waals surface area contributed by atoms with E-state index in [0.717, 1.165) is 5.69 Å². The van der Waals surface area contributed by atoms with Crippen LogP contribution in [0, 0.1) is 7.14 Å². The van der Waals surface area contributed by atoms with Crippen molar-refractivity contribution >= 4 is 5.69 Å². The van der Waals surface area contributed by atoms with Gasteiger partial charge in [-0.15, -0.1) is 0 Å². The molecule has 1 aliphatic rings. The summed E-state index contributed by atoms with van der Waals surface area (Å²) < 4.78 is 2.98. The third-order valence-corrected chi connectivity index (χ3v) is 5.36. The van der Waals surface area contributed by atoms with Gasteiger partial charge in [-0.25, -0.2) is 0 Å². The number of anilines is 1. The maximum absolute atomic E-state index is 5.78. The number of rotatable bonds is 0. The van der Waals surface area contributed by atoms with Crippen molar-refractivity contribution in [3.05, 3.63) is 49.6 Å². The number of hydrogen-bond acceptors (Lipinski definition) is 1. The number of fused-ring (bicyclic) bond motifs is 3. The van der Waals surface area contributed by atoms with E-state index in [1.54, 1.807) is 0 Å². The fourth-order valence-electron chi connectivity index (χ4n) is 1.70. The van der Waals surface area contributed by atoms with Gasteiger partial charge in [0.15, 0.2) is 0 Å². The number of nitrogen functional groups attached to an aromatic ring is 1. The van der Waals surface area contributed by atoms with Crippen molar-refractivity contribution in [3.63, 3.8) is 0 Å². The molecule has 0 saturated heterocycles. The molecule has 1 aliphatic heterocycles. The first-order valence-electron chi connectivity index (χ1n) is 4.48. The van der Waals surface area contributed by atoms with Gasteiger partial charge in [-0.3, -0.25) is 0 Å². The van der Waals surface area contributed by atoms with Gasteiger partial charge in [0, 0.05) is 0 Å². The summed E-state index contributed by atoms with van der Waals surface area (Å²) in [7, 11) is 0. The molecule has 0 amide bonds. The first-order valence-corrected chi connectivity index (χ1v) is 6.64. The predicted molar refractivity (Wildman–Crippen MR) is 53.7 cm³/mol. The van der Waals surface area contributed by atoms with Gasteiger partial charge in [-0.2, -0.15) is 0 Å². The van der Waals surface area contributed by atoms with Gasteiger partial charge in [0.2, 0.25) is 0 Å². The van der Waals surface area contributed by atoms with Crippen molar-refractivity contribution in [1.29, 1.82) is 0 Å². The Bertz CT molecular complexity index is 505. The predicted octanol–water partition coefficient (Wildman–Crippen LogP) is -0.622. The quantitative estimate of drug-likeness (QED) is 0.434. The SMILES string of the molecule is Nc1ccc2c(c1)[I-]c1ccccc1-2. The minimum atomic E-state index is 0.00600. The summed E-state index contributed by atoms with van der Waals surface area (Å²) in [6, 6.07) is 14.9. The van der Waals surface area contributed by atoms with Crippen LogP contribution in [0.4, 0.5) is 5.69 Å². The van der Waals surface area contributed by atoms with E-state index >= 15 is 0 Å². The number of halogens is 1. The van der Waals surface area contributed by atoms with E-state index in [-0.39, 0.29) is 21.2 Å². The van der Waals surface area contributed by atoms with Crippen molar-refractivity contribution < 1.29 is 21.2 Å². The fourth-order valence-corrected chi connectivity index (χ4v) is 4.75. The van der Waals surface area contributed by atoms with Gasteiger partial charge in [0.05, 0.1) is 0 Å². The van der Waals surface area contributed by atoms with Crippen LogP contribution in [-0.4, -0.2) is 0 Å². The molecule has 3 rings (SSSR count). The molecule has 1 nitrogen and oxygen atoms in total. The summed E-state index contributed by atoms with van der Waals surface area (Å²) in [6.45, 7) is 0. The molecule has 0 atom stereocenters. The fraction of sp³-hybridized carbons (Fsp3) is 0. The first-order chi connectivity index (χ1) is 6.84. The van der Waals surface area contributed by atoms with Crippen molar-refractivity contribution in [3.8, 4) is 11.1 Å². The van der Waals surface area contributed by atoms with Crippen LogP contribution in [0.3, 0.4) is 0 Å². The molecular weight excluding hydrogens is 285 g/mol. The van der Waals surface area contributed by atoms with Crippen molar-refractivity contribution in [2.75, 3.05) is 5.73 Å². The summed E-state index contributed by atoms with van der Waals surface area (Å²) in [5, 5.41) is 0. The minimum absolute atomic E-state index is 0.00600. The normalized spacial score (nSPS) is 12.9. The molecule has 0 aromatic heterocycles. The van der Waals surface area contributed by atoms with Gasteiger partial charge >= 0.3 is 93.4 Å². The zero-order chi connectivity index (χ0) is 9.54. The summed E-state index contributed by atoms with van der Waals surface area (Å²) in [6.07, 6.45) is 0. The molecule has 0 aliphatic carbocycles. The molecule has 0 spiro atoms. The molecular formula is C12H9IN-. The van der Waals surface area contributed by atoms with Crippen molar-refractivity contribution in [2.24, 2.45) is 0 Å². The van der Waals surface area contributed by atoms with Crippen LogP contribution in [0.1, 0.15) is 0 Å². The molecule has 70 valence electrons. The molecule has 0 bridgehead atoms.